The molecule has 6 heteroatoms. The summed E-state index contributed by atoms with van der Waals surface area (Å²) < 4.78 is 5.24. The van der Waals surface area contributed by atoms with Gasteiger partial charge in [0, 0.05) is 41.5 Å². The lowest BCUT2D eigenvalue weighted by molar-refractivity contribution is 0.413. The number of ether oxygens (including phenoxy) is 1. The molecule has 0 aliphatic heterocycles. The van der Waals surface area contributed by atoms with Gasteiger partial charge in [-0.3, -0.25) is 9.97 Å². The monoisotopic (exact) mass is 303 g/mol. The zero-order valence-corrected chi connectivity index (χ0v) is 12.4. The third-order valence-corrected chi connectivity index (χ3v) is 3.62. The smallest absolute Gasteiger partial charge is 0.156 e. The molecule has 0 fully saturated rings. The Hall–Kier alpha value is -3.28. The Morgan fingerprint density at radius 2 is 1.87 bits per heavy atom. The van der Waals surface area contributed by atoms with E-state index in [4.69, 9.17) is 9.72 Å². The van der Waals surface area contributed by atoms with Gasteiger partial charge in [-0.2, -0.15) is 0 Å². The Morgan fingerprint density at radius 1 is 1.00 bits per heavy atom. The third-order valence-electron chi connectivity index (χ3n) is 3.62. The summed E-state index contributed by atoms with van der Waals surface area (Å²) in [5, 5.41) is 0. The van der Waals surface area contributed by atoms with Crippen molar-refractivity contribution in [3.63, 3.8) is 0 Å². The van der Waals surface area contributed by atoms with E-state index in [1.54, 1.807) is 38.1 Å². The number of hydrogen-bond donors (Lipinski definition) is 1. The first kappa shape index (κ1) is 13.4. The van der Waals surface area contributed by atoms with E-state index in [1.807, 2.05) is 24.4 Å². The van der Waals surface area contributed by atoms with Gasteiger partial charge in [0.2, 0.25) is 0 Å². The fourth-order valence-corrected chi connectivity index (χ4v) is 2.45. The second kappa shape index (κ2) is 5.49. The largest absolute Gasteiger partial charge is 0.495 e. The second-order valence-corrected chi connectivity index (χ2v) is 5.00. The molecule has 0 radical (unpaired) electrons. The number of nitrogens with one attached hydrogen (secondary N) is 1. The molecule has 112 valence electrons. The predicted octanol–water partition coefficient (Wildman–Crippen LogP) is 3.09. The molecule has 0 saturated heterocycles. The van der Waals surface area contributed by atoms with Crippen molar-refractivity contribution in [3.05, 3.63) is 55.4 Å². The SMILES string of the molecule is COc1cncc(-c2c[nH]c3ncc(-c4ccncc4)nc23)c1. The molecule has 0 unspecified atom stereocenters. The Morgan fingerprint density at radius 3 is 2.70 bits per heavy atom. The Bertz CT molecular complexity index is 965. The minimum atomic E-state index is 0.704. The van der Waals surface area contributed by atoms with Gasteiger partial charge in [-0.1, -0.05) is 0 Å². The fourth-order valence-electron chi connectivity index (χ4n) is 2.45. The Kier molecular flexibility index (Phi) is 3.20. The average molecular weight is 303 g/mol. The van der Waals surface area contributed by atoms with E-state index >= 15 is 0 Å². The van der Waals surface area contributed by atoms with Gasteiger partial charge in [-0.15, -0.1) is 0 Å². The maximum atomic E-state index is 5.24. The van der Waals surface area contributed by atoms with Crippen molar-refractivity contribution in [2.75, 3.05) is 7.11 Å². The number of nitrogens with zero attached hydrogens (tertiary/aromatic N) is 4. The summed E-state index contributed by atoms with van der Waals surface area (Å²) in [4.78, 5) is 20.6. The van der Waals surface area contributed by atoms with Crippen molar-refractivity contribution in [1.82, 2.24) is 24.9 Å². The van der Waals surface area contributed by atoms with E-state index in [0.717, 1.165) is 33.5 Å². The Labute approximate surface area is 132 Å². The summed E-state index contributed by atoms with van der Waals surface area (Å²) in [7, 11) is 1.62. The molecule has 0 spiro atoms. The number of pyridine rings is 2. The quantitative estimate of drug-likeness (QED) is 0.629. The van der Waals surface area contributed by atoms with Crippen LogP contribution in [0.4, 0.5) is 0 Å². The van der Waals surface area contributed by atoms with Gasteiger partial charge in [0.05, 0.1) is 25.2 Å². The number of methoxy groups -OCH3 is 1. The predicted molar refractivity (Wildman–Crippen MR) is 86.9 cm³/mol. The summed E-state index contributed by atoms with van der Waals surface area (Å²) in [6, 6.07) is 5.75. The normalized spacial score (nSPS) is 10.8. The van der Waals surface area contributed by atoms with Gasteiger partial charge < -0.3 is 9.72 Å². The van der Waals surface area contributed by atoms with E-state index in [2.05, 4.69) is 19.9 Å². The maximum absolute atomic E-state index is 5.24. The van der Waals surface area contributed by atoms with Crippen LogP contribution in [0.2, 0.25) is 0 Å². The van der Waals surface area contributed by atoms with Crippen LogP contribution in [0.3, 0.4) is 0 Å². The van der Waals surface area contributed by atoms with Gasteiger partial charge >= 0.3 is 0 Å². The highest BCUT2D eigenvalue weighted by Crippen LogP contribution is 2.29. The van der Waals surface area contributed by atoms with Crippen LogP contribution in [-0.2, 0) is 0 Å². The van der Waals surface area contributed by atoms with Gasteiger partial charge in [0.1, 0.15) is 11.3 Å². The van der Waals surface area contributed by atoms with Crippen LogP contribution in [0.5, 0.6) is 5.75 Å². The first-order valence-corrected chi connectivity index (χ1v) is 7.09. The van der Waals surface area contributed by atoms with Crippen molar-refractivity contribution in [1.29, 1.82) is 0 Å². The highest BCUT2D eigenvalue weighted by atomic mass is 16.5. The first-order chi connectivity index (χ1) is 11.3. The molecule has 4 rings (SSSR count). The Balaban J connectivity index is 1.88. The third kappa shape index (κ3) is 2.40. The van der Waals surface area contributed by atoms with Crippen molar-refractivity contribution >= 4 is 11.2 Å². The zero-order valence-electron chi connectivity index (χ0n) is 12.4. The van der Waals surface area contributed by atoms with E-state index < -0.39 is 0 Å². The molecule has 0 atom stereocenters. The average Bonchev–Trinajstić information content (AvgIpc) is 3.05. The van der Waals surface area contributed by atoms with Crippen molar-refractivity contribution in [2.24, 2.45) is 0 Å². The summed E-state index contributed by atoms with van der Waals surface area (Å²) in [6.07, 6.45) is 10.6. The van der Waals surface area contributed by atoms with Crippen molar-refractivity contribution in [2.45, 2.75) is 0 Å². The van der Waals surface area contributed by atoms with Crippen LogP contribution in [0.1, 0.15) is 0 Å². The number of hydrogen-bond acceptors (Lipinski definition) is 5. The zero-order chi connectivity index (χ0) is 15.6. The minimum absolute atomic E-state index is 0.704. The number of fused-ring (bicyclic) bond motifs is 1. The first-order valence-electron chi connectivity index (χ1n) is 7.09. The molecular formula is C17H13N5O. The molecule has 0 amide bonds. The van der Waals surface area contributed by atoms with Crippen molar-refractivity contribution < 1.29 is 4.74 Å². The second-order valence-electron chi connectivity index (χ2n) is 5.00. The van der Waals surface area contributed by atoms with Crippen molar-refractivity contribution in [3.8, 4) is 28.1 Å². The van der Waals surface area contributed by atoms with Crippen LogP contribution < -0.4 is 4.74 Å². The number of H-pyrrole nitrogens is 1. The summed E-state index contributed by atoms with van der Waals surface area (Å²) >= 11 is 0. The highest BCUT2D eigenvalue weighted by molar-refractivity contribution is 5.91. The van der Waals surface area contributed by atoms with Crippen LogP contribution in [0, 0.1) is 0 Å². The maximum Gasteiger partial charge on any atom is 0.156 e. The van der Waals surface area contributed by atoms with Gasteiger partial charge in [0.15, 0.2) is 5.65 Å². The lowest BCUT2D eigenvalue weighted by Gasteiger charge is -2.04. The van der Waals surface area contributed by atoms with Crippen LogP contribution in [0.25, 0.3) is 33.5 Å². The van der Waals surface area contributed by atoms with E-state index in [0.29, 0.717) is 5.75 Å². The van der Waals surface area contributed by atoms with E-state index in [9.17, 15) is 0 Å². The molecule has 1 N–H and O–H groups in total. The number of aromatic nitrogens is 5. The molecule has 4 aromatic rings. The van der Waals surface area contributed by atoms with Gasteiger partial charge in [-0.05, 0) is 18.2 Å². The summed E-state index contributed by atoms with van der Waals surface area (Å²) in [6.45, 7) is 0. The molecule has 6 nitrogen and oxygen atoms in total. The lowest BCUT2D eigenvalue weighted by atomic mass is 10.1. The molecule has 0 saturated carbocycles. The topological polar surface area (TPSA) is 76.6 Å². The van der Waals surface area contributed by atoms with E-state index in [-0.39, 0.29) is 0 Å². The molecule has 4 aromatic heterocycles. The molecule has 0 aromatic carbocycles. The molecule has 0 aliphatic rings. The fraction of sp³-hybridized carbons (Fsp3) is 0.0588. The molecular weight excluding hydrogens is 290 g/mol. The minimum Gasteiger partial charge on any atom is -0.495 e. The number of aromatic amines is 1. The van der Waals surface area contributed by atoms with Crippen LogP contribution in [0.15, 0.2) is 55.4 Å². The van der Waals surface area contributed by atoms with Gasteiger partial charge in [0.25, 0.3) is 0 Å². The number of rotatable bonds is 3. The van der Waals surface area contributed by atoms with Crippen LogP contribution >= 0.6 is 0 Å². The van der Waals surface area contributed by atoms with Gasteiger partial charge in [-0.25, -0.2) is 9.97 Å². The molecule has 4 heterocycles. The molecule has 0 bridgehead atoms. The molecule has 0 aliphatic carbocycles. The molecule has 23 heavy (non-hydrogen) atoms. The highest BCUT2D eigenvalue weighted by Gasteiger charge is 2.11. The lowest BCUT2D eigenvalue weighted by Crippen LogP contribution is -1.89. The standard InChI is InChI=1S/C17H13N5O/c1-23-13-6-12(7-19-8-13)14-9-20-17-16(14)22-15(10-21-17)11-2-4-18-5-3-11/h2-10H,1H3,(H,20,21). The summed E-state index contributed by atoms with van der Waals surface area (Å²) in [5.74, 6) is 0.704. The summed E-state index contributed by atoms with van der Waals surface area (Å²) in [5.41, 5.74) is 5.18. The van der Waals surface area contributed by atoms with E-state index in [1.165, 1.54) is 0 Å². The van der Waals surface area contributed by atoms with Crippen LogP contribution in [-0.4, -0.2) is 32.0 Å².